The molecule has 2 N–H and O–H groups in total. The van der Waals surface area contributed by atoms with Crippen LogP contribution in [0.4, 0.5) is 0 Å². The summed E-state index contributed by atoms with van der Waals surface area (Å²) < 4.78 is 0. The van der Waals surface area contributed by atoms with E-state index in [1.54, 1.807) is 4.90 Å². The summed E-state index contributed by atoms with van der Waals surface area (Å²) in [6.07, 6.45) is 1.52. The first kappa shape index (κ1) is 18.7. The Kier molecular flexibility index (Phi) is 8.42. The molecule has 1 aromatic rings. The summed E-state index contributed by atoms with van der Waals surface area (Å²) in [5, 5.41) is 11.3. The number of carboxylic acids is 1. The van der Waals surface area contributed by atoms with E-state index < -0.39 is 5.97 Å². The summed E-state index contributed by atoms with van der Waals surface area (Å²) in [6.45, 7) is 2.60. The number of rotatable bonds is 10. The molecule has 0 saturated heterocycles. The summed E-state index contributed by atoms with van der Waals surface area (Å²) >= 11 is 0. The number of carbonyl (C=O) groups is 3. The fraction of sp³-hybridized carbons (Fsp3) is 0.471. The standard InChI is InChI=1S/C17H24N2O4/c1-2-7-15(20)18-12-16(21)19(11-6-10-17(22)23)13-14-8-4-3-5-9-14/h3-5,8-9H,2,6-7,10-13H2,1H3,(H,18,20)(H,22,23). The average Bonchev–Trinajstić information content (AvgIpc) is 2.52. The Hall–Kier alpha value is -2.37. The maximum absolute atomic E-state index is 12.3. The molecule has 0 aliphatic rings. The highest BCUT2D eigenvalue weighted by molar-refractivity contribution is 5.84. The van der Waals surface area contributed by atoms with Gasteiger partial charge in [0, 0.05) is 25.9 Å². The van der Waals surface area contributed by atoms with Gasteiger partial charge < -0.3 is 15.3 Å². The third-order valence-electron chi connectivity index (χ3n) is 3.30. The topological polar surface area (TPSA) is 86.7 Å². The molecule has 0 saturated carbocycles. The van der Waals surface area contributed by atoms with Crippen molar-refractivity contribution in [3.63, 3.8) is 0 Å². The van der Waals surface area contributed by atoms with Crippen LogP contribution in [-0.4, -0.2) is 40.9 Å². The van der Waals surface area contributed by atoms with Crippen molar-refractivity contribution in [2.75, 3.05) is 13.1 Å². The van der Waals surface area contributed by atoms with E-state index in [9.17, 15) is 14.4 Å². The molecule has 6 heteroatoms. The van der Waals surface area contributed by atoms with Gasteiger partial charge in [-0.1, -0.05) is 37.3 Å². The van der Waals surface area contributed by atoms with E-state index in [-0.39, 0.29) is 24.8 Å². The minimum absolute atomic E-state index is 0.0146. The molecule has 23 heavy (non-hydrogen) atoms. The molecular formula is C17H24N2O4. The number of carboxylic acid groups (broad SMARTS) is 1. The Balaban J connectivity index is 2.59. The zero-order valence-electron chi connectivity index (χ0n) is 13.5. The van der Waals surface area contributed by atoms with Gasteiger partial charge in [0.05, 0.1) is 6.54 Å². The van der Waals surface area contributed by atoms with Crippen LogP contribution in [0.5, 0.6) is 0 Å². The van der Waals surface area contributed by atoms with Crippen molar-refractivity contribution >= 4 is 17.8 Å². The average molecular weight is 320 g/mol. The summed E-state index contributed by atoms with van der Waals surface area (Å²) in [7, 11) is 0. The molecule has 1 aromatic carbocycles. The van der Waals surface area contributed by atoms with Crippen LogP contribution in [0.1, 0.15) is 38.2 Å². The Morgan fingerprint density at radius 2 is 1.83 bits per heavy atom. The summed E-state index contributed by atoms with van der Waals surface area (Å²) in [6, 6.07) is 9.49. The van der Waals surface area contributed by atoms with Crippen molar-refractivity contribution in [2.45, 2.75) is 39.2 Å². The molecule has 0 fully saturated rings. The van der Waals surface area contributed by atoms with Gasteiger partial charge in [-0.15, -0.1) is 0 Å². The number of benzene rings is 1. The Morgan fingerprint density at radius 1 is 1.13 bits per heavy atom. The molecule has 0 aromatic heterocycles. The lowest BCUT2D eigenvalue weighted by molar-refractivity contribution is -0.138. The lowest BCUT2D eigenvalue weighted by atomic mass is 10.2. The maximum Gasteiger partial charge on any atom is 0.303 e. The fourth-order valence-corrected chi connectivity index (χ4v) is 2.12. The maximum atomic E-state index is 12.3. The number of hydrogen-bond acceptors (Lipinski definition) is 3. The van der Waals surface area contributed by atoms with Gasteiger partial charge in [-0.3, -0.25) is 14.4 Å². The first-order valence-corrected chi connectivity index (χ1v) is 7.83. The third kappa shape index (κ3) is 7.99. The lowest BCUT2D eigenvalue weighted by Gasteiger charge is -2.23. The van der Waals surface area contributed by atoms with Crippen LogP contribution >= 0.6 is 0 Å². The quantitative estimate of drug-likeness (QED) is 0.688. The van der Waals surface area contributed by atoms with Crippen molar-refractivity contribution in [3.8, 4) is 0 Å². The first-order valence-electron chi connectivity index (χ1n) is 7.83. The molecule has 0 spiro atoms. The van der Waals surface area contributed by atoms with Crippen LogP contribution in [0, 0.1) is 0 Å². The second kappa shape index (κ2) is 10.4. The molecule has 1 rings (SSSR count). The second-order valence-corrected chi connectivity index (χ2v) is 5.32. The SMILES string of the molecule is CCCC(=O)NCC(=O)N(CCCC(=O)O)Cc1ccccc1. The number of carbonyl (C=O) groups excluding carboxylic acids is 2. The summed E-state index contributed by atoms with van der Waals surface area (Å²) in [5.74, 6) is -1.23. The predicted octanol–water partition coefficient (Wildman–Crippen LogP) is 1.80. The molecule has 0 aliphatic carbocycles. The highest BCUT2D eigenvalue weighted by Crippen LogP contribution is 2.06. The predicted molar refractivity (Wildman–Crippen MR) is 86.6 cm³/mol. The second-order valence-electron chi connectivity index (χ2n) is 5.32. The van der Waals surface area contributed by atoms with Gasteiger partial charge in [0.1, 0.15) is 0 Å². The van der Waals surface area contributed by atoms with Crippen LogP contribution in [0.2, 0.25) is 0 Å². The van der Waals surface area contributed by atoms with Crippen molar-refractivity contribution in [1.82, 2.24) is 10.2 Å². The number of aliphatic carboxylic acids is 1. The van der Waals surface area contributed by atoms with Crippen LogP contribution in [0.15, 0.2) is 30.3 Å². The molecule has 6 nitrogen and oxygen atoms in total. The van der Waals surface area contributed by atoms with Crippen molar-refractivity contribution in [3.05, 3.63) is 35.9 Å². The van der Waals surface area contributed by atoms with Crippen molar-refractivity contribution in [2.24, 2.45) is 0 Å². The Bertz CT molecular complexity index is 517. The van der Waals surface area contributed by atoms with Gasteiger partial charge in [0.25, 0.3) is 0 Å². The van der Waals surface area contributed by atoms with Gasteiger partial charge >= 0.3 is 5.97 Å². The van der Waals surface area contributed by atoms with Gasteiger partial charge in [-0.05, 0) is 18.4 Å². The number of amides is 2. The van der Waals surface area contributed by atoms with E-state index in [4.69, 9.17) is 5.11 Å². The molecule has 0 aliphatic heterocycles. The van der Waals surface area contributed by atoms with Crippen molar-refractivity contribution < 1.29 is 19.5 Å². The molecule has 0 atom stereocenters. The van der Waals surface area contributed by atoms with E-state index in [0.29, 0.717) is 25.9 Å². The van der Waals surface area contributed by atoms with Gasteiger partial charge in [-0.25, -0.2) is 0 Å². The lowest BCUT2D eigenvalue weighted by Crippen LogP contribution is -2.40. The van der Waals surface area contributed by atoms with Gasteiger partial charge in [-0.2, -0.15) is 0 Å². The molecule has 0 radical (unpaired) electrons. The number of nitrogens with one attached hydrogen (secondary N) is 1. The molecule has 0 heterocycles. The van der Waals surface area contributed by atoms with E-state index >= 15 is 0 Å². The van der Waals surface area contributed by atoms with Gasteiger partial charge in [0.2, 0.25) is 11.8 Å². The van der Waals surface area contributed by atoms with Crippen LogP contribution in [-0.2, 0) is 20.9 Å². The van der Waals surface area contributed by atoms with Crippen LogP contribution in [0.25, 0.3) is 0 Å². The van der Waals surface area contributed by atoms with E-state index in [2.05, 4.69) is 5.32 Å². The van der Waals surface area contributed by atoms with Crippen molar-refractivity contribution in [1.29, 1.82) is 0 Å². The Morgan fingerprint density at radius 3 is 2.43 bits per heavy atom. The zero-order valence-corrected chi connectivity index (χ0v) is 13.5. The fourth-order valence-electron chi connectivity index (χ4n) is 2.12. The summed E-state index contributed by atoms with van der Waals surface area (Å²) in [4.78, 5) is 36.0. The summed E-state index contributed by atoms with van der Waals surface area (Å²) in [5.41, 5.74) is 0.969. The van der Waals surface area contributed by atoms with E-state index in [0.717, 1.165) is 12.0 Å². The number of nitrogens with zero attached hydrogens (tertiary/aromatic N) is 1. The largest absolute Gasteiger partial charge is 0.481 e. The minimum Gasteiger partial charge on any atom is -0.481 e. The highest BCUT2D eigenvalue weighted by Gasteiger charge is 2.15. The monoisotopic (exact) mass is 320 g/mol. The van der Waals surface area contributed by atoms with E-state index in [1.807, 2.05) is 37.3 Å². The smallest absolute Gasteiger partial charge is 0.303 e. The molecule has 126 valence electrons. The van der Waals surface area contributed by atoms with Gasteiger partial charge in [0.15, 0.2) is 0 Å². The zero-order chi connectivity index (χ0) is 17.1. The Labute approximate surface area is 136 Å². The molecular weight excluding hydrogens is 296 g/mol. The first-order chi connectivity index (χ1) is 11.0. The normalized spacial score (nSPS) is 10.1. The van der Waals surface area contributed by atoms with E-state index in [1.165, 1.54) is 0 Å². The van der Waals surface area contributed by atoms with Crippen LogP contribution in [0.3, 0.4) is 0 Å². The van der Waals surface area contributed by atoms with Crippen LogP contribution < -0.4 is 5.32 Å². The molecule has 0 bridgehead atoms. The molecule has 2 amide bonds. The molecule has 0 unspecified atom stereocenters. The third-order valence-corrected chi connectivity index (χ3v) is 3.30. The minimum atomic E-state index is -0.881. The highest BCUT2D eigenvalue weighted by atomic mass is 16.4. The number of hydrogen-bond donors (Lipinski definition) is 2.